The number of aryl methyl sites for hydroxylation is 1. The largest absolute Gasteiger partial charge is 0.354 e. The average Bonchev–Trinajstić information content (AvgIpc) is 2.60. The van der Waals surface area contributed by atoms with Crippen molar-refractivity contribution in [3.05, 3.63) is 64.9 Å². The van der Waals surface area contributed by atoms with E-state index in [4.69, 9.17) is 11.6 Å². The normalized spacial score (nSPS) is 12.4. The molecule has 0 heterocycles. The van der Waals surface area contributed by atoms with Crippen LogP contribution in [0.3, 0.4) is 0 Å². The Morgan fingerprint density at radius 3 is 2.44 bits per heavy atom. The summed E-state index contributed by atoms with van der Waals surface area (Å²) in [5.74, 6) is -1.20. The molecule has 5 nitrogen and oxygen atoms in total. The zero-order valence-electron chi connectivity index (χ0n) is 15.2. The highest BCUT2D eigenvalue weighted by Crippen LogP contribution is 2.24. The van der Waals surface area contributed by atoms with E-state index < -0.39 is 27.8 Å². The van der Waals surface area contributed by atoms with Gasteiger partial charge >= 0.3 is 0 Å². The summed E-state index contributed by atoms with van der Waals surface area (Å²) in [6, 6.07) is 11.8. The van der Waals surface area contributed by atoms with E-state index in [2.05, 4.69) is 5.32 Å². The quantitative estimate of drug-likeness (QED) is 0.676. The first-order valence-electron chi connectivity index (χ1n) is 8.47. The lowest BCUT2D eigenvalue weighted by molar-refractivity contribution is -0.121. The molecule has 0 aliphatic rings. The van der Waals surface area contributed by atoms with Crippen molar-refractivity contribution in [1.82, 2.24) is 5.32 Å². The molecule has 0 saturated carbocycles. The molecule has 0 saturated heterocycles. The monoisotopic (exact) mass is 412 g/mol. The van der Waals surface area contributed by atoms with Crippen molar-refractivity contribution in [1.29, 1.82) is 0 Å². The topological polar surface area (TPSA) is 66.5 Å². The van der Waals surface area contributed by atoms with Crippen molar-refractivity contribution in [3.63, 3.8) is 0 Å². The minimum Gasteiger partial charge on any atom is -0.354 e. The van der Waals surface area contributed by atoms with E-state index in [1.165, 1.54) is 25.1 Å². The molecule has 146 valence electrons. The number of benzene rings is 2. The summed E-state index contributed by atoms with van der Waals surface area (Å²) in [7, 11) is -3.85. The van der Waals surface area contributed by atoms with Crippen LogP contribution in [0.25, 0.3) is 0 Å². The van der Waals surface area contributed by atoms with E-state index in [0.717, 1.165) is 22.2 Å². The van der Waals surface area contributed by atoms with Crippen LogP contribution in [-0.4, -0.2) is 33.2 Å². The van der Waals surface area contributed by atoms with Crippen LogP contribution in [0.4, 0.5) is 10.1 Å². The van der Waals surface area contributed by atoms with Crippen molar-refractivity contribution >= 4 is 33.2 Å². The van der Waals surface area contributed by atoms with Crippen molar-refractivity contribution in [2.24, 2.45) is 0 Å². The van der Waals surface area contributed by atoms with Gasteiger partial charge in [-0.2, -0.15) is 0 Å². The van der Waals surface area contributed by atoms with Crippen LogP contribution in [0.1, 0.15) is 18.9 Å². The highest BCUT2D eigenvalue weighted by molar-refractivity contribution is 7.92. The third kappa shape index (κ3) is 5.68. The lowest BCUT2D eigenvalue weighted by Crippen LogP contribution is -2.48. The molecule has 0 fully saturated rings. The van der Waals surface area contributed by atoms with Crippen molar-refractivity contribution in [3.8, 4) is 0 Å². The van der Waals surface area contributed by atoms with Gasteiger partial charge in [0.1, 0.15) is 11.9 Å². The van der Waals surface area contributed by atoms with E-state index in [1.807, 2.05) is 18.2 Å². The Morgan fingerprint density at radius 1 is 1.19 bits per heavy atom. The number of para-hydroxylation sites is 1. The molecule has 27 heavy (non-hydrogen) atoms. The van der Waals surface area contributed by atoms with E-state index in [-0.39, 0.29) is 5.69 Å². The van der Waals surface area contributed by atoms with Crippen LogP contribution in [0.5, 0.6) is 0 Å². The smallest absolute Gasteiger partial charge is 0.243 e. The summed E-state index contributed by atoms with van der Waals surface area (Å²) < 4.78 is 39.2. The van der Waals surface area contributed by atoms with Gasteiger partial charge in [-0.1, -0.05) is 41.9 Å². The van der Waals surface area contributed by atoms with E-state index in [1.54, 1.807) is 6.07 Å². The third-order valence-electron chi connectivity index (χ3n) is 4.06. The number of rotatable bonds is 8. The Labute approximate surface area is 164 Å². The Kier molecular flexibility index (Phi) is 7.21. The molecule has 1 unspecified atom stereocenters. The van der Waals surface area contributed by atoms with Crippen molar-refractivity contribution in [2.45, 2.75) is 25.8 Å². The molecule has 0 aliphatic carbocycles. The average molecular weight is 413 g/mol. The number of carbonyl (C=O) groups excluding carboxylic acids is 1. The maximum Gasteiger partial charge on any atom is 0.243 e. The number of carbonyl (C=O) groups is 1. The number of amides is 1. The number of hydrogen-bond donors (Lipinski definition) is 1. The fourth-order valence-electron chi connectivity index (χ4n) is 2.75. The van der Waals surface area contributed by atoms with Crippen molar-refractivity contribution < 1.29 is 17.6 Å². The molecule has 0 spiro atoms. The molecular formula is C19H22ClFN2O3S. The minimum absolute atomic E-state index is 0.154. The highest BCUT2D eigenvalue weighted by atomic mass is 35.5. The molecule has 1 atom stereocenters. The summed E-state index contributed by atoms with van der Waals surface area (Å²) >= 11 is 6.09. The summed E-state index contributed by atoms with van der Waals surface area (Å²) in [5, 5.41) is 3.37. The second-order valence-electron chi connectivity index (χ2n) is 6.17. The molecule has 2 aromatic rings. The second-order valence-corrected chi connectivity index (χ2v) is 8.44. The number of nitrogens with one attached hydrogen (secondary N) is 1. The lowest BCUT2D eigenvalue weighted by Gasteiger charge is -2.28. The standard InChI is InChI=1S/C19H22ClFN2O3S/c1-14(23(27(2,25)26)18-12-6-5-11-17(18)21)19(24)22-13-7-9-15-8-3-4-10-16(15)20/h3-6,8,10-12,14H,7,9,13H2,1-2H3,(H,22,24). The van der Waals surface area contributed by atoms with Gasteiger partial charge in [0.25, 0.3) is 0 Å². The van der Waals surface area contributed by atoms with Crippen LogP contribution in [0.15, 0.2) is 48.5 Å². The molecule has 8 heteroatoms. The van der Waals surface area contributed by atoms with Crippen LogP contribution < -0.4 is 9.62 Å². The summed E-state index contributed by atoms with van der Waals surface area (Å²) in [6.45, 7) is 1.78. The number of hydrogen-bond acceptors (Lipinski definition) is 3. The minimum atomic E-state index is -3.85. The molecule has 2 aromatic carbocycles. The number of sulfonamides is 1. The van der Waals surface area contributed by atoms with E-state index in [0.29, 0.717) is 24.4 Å². The van der Waals surface area contributed by atoms with Gasteiger partial charge in [0, 0.05) is 11.6 Å². The molecule has 0 aromatic heterocycles. The van der Waals surface area contributed by atoms with Gasteiger partial charge in [0.05, 0.1) is 11.9 Å². The van der Waals surface area contributed by atoms with E-state index in [9.17, 15) is 17.6 Å². The number of nitrogens with zero attached hydrogens (tertiary/aromatic N) is 1. The first-order valence-corrected chi connectivity index (χ1v) is 10.7. The molecule has 2 rings (SSSR count). The summed E-state index contributed by atoms with van der Waals surface area (Å²) in [5.41, 5.74) is 0.823. The van der Waals surface area contributed by atoms with Gasteiger partial charge in [0.2, 0.25) is 15.9 Å². The predicted octanol–water partition coefficient (Wildman–Crippen LogP) is 3.38. The predicted molar refractivity (Wildman–Crippen MR) is 106 cm³/mol. The van der Waals surface area contributed by atoms with Crippen LogP contribution in [0, 0.1) is 5.82 Å². The van der Waals surface area contributed by atoms with Gasteiger partial charge in [-0.05, 0) is 43.5 Å². The molecule has 1 N–H and O–H groups in total. The Hall–Kier alpha value is -2.12. The number of halogens is 2. The van der Waals surface area contributed by atoms with Gasteiger partial charge in [-0.25, -0.2) is 12.8 Å². The SMILES string of the molecule is CC(C(=O)NCCCc1ccccc1Cl)N(c1ccccc1F)S(C)(=O)=O. The van der Waals surface area contributed by atoms with Gasteiger partial charge in [-0.15, -0.1) is 0 Å². The van der Waals surface area contributed by atoms with Gasteiger partial charge in [-0.3, -0.25) is 9.10 Å². The maximum atomic E-state index is 14.1. The molecule has 0 aliphatic heterocycles. The lowest BCUT2D eigenvalue weighted by atomic mass is 10.1. The van der Waals surface area contributed by atoms with Crippen LogP contribution in [0.2, 0.25) is 5.02 Å². The van der Waals surface area contributed by atoms with Crippen molar-refractivity contribution in [2.75, 3.05) is 17.1 Å². The Balaban J connectivity index is 2.01. The first-order chi connectivity index (χ1) is 12.7. The van der Waals surface area contributed by atoms with Crippen LogP contribution in [-0.2, 0) is 21.2 Å². The first kappa shape index (κ1) is 21.2. The summed E-state index contributed by atoms with van der Waals surface area (Å²) in [6.07, 6.45) is 2.26. The fourth-order valence-corrected chi connectivity index (χ4v) is 4.16. The Morgan fingerprint density at radius 2 is 1.81 bits per heavy atom. The summed E-state index contributed by atoms with van der Waals surface area (Å²) in [4.78, 5) is 12.4. The van der Waals surface area contributed by atoms with Gasteiger partial charge in [0.15, 0.2) is 0 Å². The zero-order valence-corrected chi connectivity index (χ0v) is 16.7. The second kappa shape index (κ2) is 9.19. The molecular weight excluding hydrogens is 391 g/mol. The van der Waals surface area contributed by atoms with Crippen LogP contribution >= 0.6 is 11.6 Å². The maximum absolute atomic E-state index is 14.1. The zero-order chi connectivity index (χ0) is 20.0. The molecule has 0 bridgehead atoms. The third-order valence-corrected chi connectivity index (χ3v) is 5.65. The van der Waals surface area contributed by atoms with Gasteiger partial charge < -0.3 is 5.32 Å². The van der Waals surface area contributed by atoms with E-state index >= 15 is 0 Å². The fraction of sp³-hybridized carbons (Fsp3) is 0.316. The molecule has 1 amide bonds. The molecule has 0 radical (unpaired) electrons. The Bertz CT molecular complexity index is 905. The number of anilines is 1. The highest BCUT2D eigenvalue weighted by Gasteiger charge is 2.30.